The van der Waals surface area contributed by atoms with Crippen LogP contribution in [0.4, 0.5) is 0 Å². The average Bonchev–Trinajstić information content (AvgIpc) is 2.82. The zero-order valence-corrected chi connectivity index (χ0v) is 13.8. The number of ketones is 1. The van der Waals surface area contributed by atoms with Gasteiger partial charge in [-0.05, 0) is 39.0 Å². The average molecular weight is 313 g/mol. The molecule has 0 N–H and O–H groups in total. The first kappa shape index (κ1) is 16.5. The molecule has 118 valence electrons. The Hall–Kier alpha value is -0.870. The molecule has 2 heterocycles. The Morgan fingerprint density at radius 1 is 1.43 bits per heavy atom. The Kier molecular flexibility index (Phi) is 6.24. The van der Waals surface area contributed by atoms with Gasteiger partial charge in [-0.1, -0.05) is 18.5 Å². The molecule has 1 saturated heterocycles. The lowest BCUT2D eigenvalue weighted by atomic mass is 10.0. The third-order valence-electron chi connectivity index (χ3n) is 4.08. The lowest BCUT2D eigenvalue weighted by Crippen LogP contribution is -2.20. The van der Waals surface area contributed by atoms with Crippen LogP contribution in [0.15, 0.2) is 0 Å². The van der Waals surface area contributed by atoms with Crippen molar-refractivity contribution in [3.63, 3.8) is 0 Å². The van der Waals surface area contributed by atoms with Crippen LogP contribution in [0.3, 0.4) is 0 Å². The molecule has 1 aromatic rings. The summed E-state index contributed by atoms with van der Waals surface area (Å²) >= 11 is 6.34. The quantitative estimate of drug-likeness (QED) is 0.773. The van der Waals surface area contributed by atoms with Crippen molar-refractivity contribution in [3.05, 3.63) is 16.4 Å². The van der Waals surface area contributed by atoms with Crippen molar-refractivity contribution < 1.29 is 9.53 Å². The monoisotopic (exact) mass is 312 g/mol. The van der Waals surface area contributed by atoms with Gasteiger partial charge in [-0.15, -0.1) is 0 Å². The fourth-order valence-electron chi connectivity index (χ4n) is 2.82. The number of halogens is 1. The fraction of sp³-hybridized carbons (Fsp3) is 0.750. The van der Waals surface area contributed by atoms with Gasteiger partial charge in [0.25, 0.3) is 0 Å². The van der Waals surface area contributed by atoms with E-state index >= 15 is 0 Å². The standard InChI is InChI=1S/C16H25ClN2O2/c1-3-14-16(17)15(19(4-2)18-14)11-12(20)8-9-13-7-5-6-10-21-13/h13H,3-11H2,1-2H3. The molecule has 0 radical (unpaired) electrons. The Labute approximate surface area is 131 Å². The van der Waals surface area contributed by atoms with Crippen LogP contribution in [-0.4, -0.2) is 28.3 Å². The van der Waals surface area contributed by atoms with Crippen LogP contribution in [0.2, 0.25) is 5.02 Å². The van der Waals surface area contributed by atoms with Gasteiger partial charge in [0, 0.05) is 26.0 Å². The number of ether oxygens (including phenoxy) is 1. The Morgan fingerprint density at radius 3 is 2.86 bits per heavy atom. The van der Waals surface area contributed by atoms with Gasteiger partial charge in [-0.25, -0.2) is 0 Å². The highest BCUT2D eigenvalue weighted by atomic mass is 35.5. The van der Waals surface area contributed by atoms with Crippen molar-refractivity contribution >= 4 is 17.4 Å². The van der Waals surface area contributed by atoms with Crippen molar-refractivity contribution in [1.29, 1.82) is 0 Å². The molecule has 0 amide bonds. The van der Waals surface area contributed by atoms with Crippen molar-refractivity contribution in [2.24, 2.45) is 0 Å². The normalized spacial score (nSPS) is 18.9. The molecule has 4 nitrogen and oxygen atoms in total. The summed E-state index contributed by atoms with van der Waals surface area (Å²) in [7, 11) is 0. The molecule has 5 heteroatoms. The molecule has 1 unspecified atom stereocenters. The number of aromatic nitrogens is 2. The summed E-state index contributed by atoms with van der Waals surface area (Å²) in [4.78, 5) is 12.2. The summed E-state index contributed by atoms with van der Waals surface area (Å²) in [6, 6.07) is 0. The summed E-state index contributed by atoms with van der Waals surface area (Å²) in [5.41, 5.74) is 1.75. The molecule has 0 spiro atoms. The van der Waals surface area contributed by atoms with E-state index in [0.717, 1.165) is 50.2 Å². The van der Waals surface area contributed by atoms with Crippen LogP contribution in [0, 0.1) is 0 Å². The van der Waals surface area contributed by atoms with E-state index in [0.29, 0.717) is 17.9 Å². The lowest BCUT2D eigenvalue weighted by molar-refractivity contribution is -0.119. The molecule has 1 aromatic heterocycles. The first-order chi connectivity index (χ1) is 10.2. The van der Waals surface area contributed by atoms with E-state index in [2.05, 4.69) is 5.10 Å². The fourth-order valence-corrected chi connectivity index (χ4v) is 3.15. The van der Waals surface area contributed by atoms with Crippen LogP contribution < -0.4 is 0 Å². The summed E-state index contributed by atoms with van der Waals surface area (Å²) in [5.74, 6) is 0.225. The topological polar surface area (TPSA) is 44.1 Å². The number of hydrogen-bond donors (Lipinski definition) is 0. The zero-order chi connectivity index (χ0) is 15.2. The number of rotatable bonds is 7. The number of carbonyl (C=O) groups excluding carboxylic acids is 1. The maximum absolute atomic E-state index is 12.2. The minimum Gasteiger partial charge on any atom is -0.378 e. The van der Waals surface area contributed by atoms with Crippen molar-refractivity contribution in [2.75, 3.05) is 6.61 Å². The van der Waals surface area contributed by atoms with Gasteiger partial charge in [0.05, 0.1) is 22.5 Å². The number of carbonyl (C=O) groups is 1. The van der Waals surface area contributed by atoms with Crippen LogP contribution in [0.1, 0.15) is 57.3 Å². The van der Waals surface area contributed by atoms with Gasteiger partial charge in [0.2, 0.25) is 0 Å². The SMILES string of the molecule is CCc1nn(CC)c(CC(=O)CCC2CCCCO2)c1Cl. The first-order valence-electron chi connectivity index (χ1n) is 8.03. The van der Waals surface area contributed by atoms with Gasteiger partial charge in [-0.2, -0.15) is 5.10 Å². The second kappa shape index (κ2) is 7.95. The lowest BCUT2D eigenvalue weighted by Gasteiger charge is -2.22. The van der Waals surface area contributed by atoms with Crippen molar-refractivity contribution in [1.82, 2.24) is 9.78 Å². The maximum atomic E-state index is 12.2. The van der Waals surface area contributed by atoms with Crippen molar-refractivity contribution in [3.8, 4) is 0 Å². The zero-order valence-electron chi connectivity index (χ0n) is 13.0. The minimum absolute atomic E-state index is 0.225. The molecule has 0 aromatic carbocycles. The predicted molar refractivity (Wildman–Crippen MR) is 83.8 cm³/mol. The van der Waals surface area contributed by atoms with Gasteiger partial charge < -0.3 is 4.74 Å². The molecule has 1 aliphatic heterocycles. The van der Waals surface area contributed by atoms with Crippen LogP contribution in [0.5, 0.6) is 0 Å². The van der Waals surface area contributed by atoms with Crippen LogP contribution >= 0.6 is 11.6 Å². The molecular formula is C16H25ClN2O2. The third kappa shape index (κ3) is 4.30. The van der Waals surface area contributed by atoms with Crippen LogP contribution in [-0.2, 0) is 28.9 Å². The van der Waals surface area contributed by atoms with E-state index in [1.807, 2.05) is 18.5 Å². The molecule has 1 aliphatic rings. The van der Waals surface area contributed by atoms with E-state index < -0.39 is 0 Å². The van der Waals surface area contributed by atoms with Gasteiger partial charge in [0.1, 0.15) is 5.78 Å². The number of nitrogens with zero attached hydrogens (tertiary/aromatic N) is 2. The number of aryl methyl sites for hydroxylation is 2. The van der Waals surface area contributed by atoms with E-state index in [9.17, 15) is 4.79 Å². The van der Waals surface area contributed by atoms with E-state index in [-0.39, 0.29) is 11.9 Å². The highest BCUT2D eigenvalue weighted by molar-refractivity contribution is 6.32. The van der Waals surface area contributed by atoms with Gasteiger partial charge in [-0.3, -0.25) is 9.48 Å². The smallest absolute Gasteiger partial charge is 0.138 e. The Bertz CT molecular complexity index is 479. The predicted octanol–water partition coefficient (Wildman–Crippen LogP) is 3.58. The molecule has 0 saturated carbocycles. The highest BCUT2D eigenvalue weighted by Gasteiger charge is 2.19. The Balaban J connectivity index is 1.91. The van der Waals surface area contributed by atoms with E-state index in [4.69, 9.17) is 16.3 Å². The summed E-state index contributed by atoms with van der Waals surface area (Å²) in [6.07, 6.45) is 6.29. The molecule has 1 fully saturated rings. The van der Waals surface area contributed by atoms with Crippen LogP contribution in [0.25, 0.3) is 0 Å². The molecular weight excluding hydrogens is 288 g/mol. The second-order valence-corrected chi connectivity index (χ2v) is 6.00. The van der Waals surface area contributed by atoms with E-state index in [1.54, 1.807) is 0 Å². The third-order valence-corrected chi connectivity index (χ3v) is 4.51. The minimum atomic E-state index is 0.225. The largest absolute Gasteiger partial charge is 0.378 e. The van der Waals surface area contributed by atoms with E-state index in [1.165, 1.54) is 6.42 Å². The van der Waals surface area contributed by atoms with Gasteiger partial charge >= 0.3 is 0 Å². The molecule has 2 rings (SSSR count). The van der Waals surface area contributed by atoms with Gasteiger partial charge in [0.15, 0.2) is 0 Å². The molecule has 0 bridgehead atoms. The highest BCUT2D eigenvalue weighted by Crippen LogP contribution is 2.23. The second-order valence-electron chi connectivity index (χ2n) is 5.62. The molecule has 1 atom stereocenters. The van der Waals surface area contributed by atoms with Crippen molar-refractivity contribution in [2.45, 2.75) is 71.4 Å². The summed E-state index contributed by atoms with van der Waals surface area (Å²) in [6.45, 7) is 5.63. The summed E-state index contributed by atoms with van der Waals surface area (Å²) in [5, 5.41) is 5.13. The molecule has 0 aliphatic carbocycles. The maximum Gasteiger partial charge on any atom is 0.138 e. The summed E-state index contributed by atoms with van der Waals surface area (Å²) < 4.78 is 7.53. The first-order valence-corrected chi connectivity index (χ1v) is 8.40. The Morgan fingerprint density at radius 2 is 2.24 bits per heavy atom. The number of hydrogen-bond acceptors (Lipinski definition) is 3. The molecule has 21 heavy (non-hydrogen) atoms. The number of Topliss-reactive ketones (excluding diaryl/α,β-unsaturated/α-hetero) is 1.